The average Bonchev–Trinajstić information content (AvgIpc) is 2.51. The predicted octanol–water partition coefficient (Wildman–Crippen LogP) is 3.65. The molecular weight excluding hydrogens is 336 g/mol. The first-order valence-corrected chi connectivity index (χ1v) is 8.94. The van der Waals surface area contributed by atoms with Crippen molar-refractivity contribution in [3.05, 3.63) is 64.7 Å². The molecule has 0 unspecified atom stereocenters. The summed E-state index contributed by atoms with van der Waals surface area (Å²) in [5, 5.41) is 0.582. The van der Waals surface area contributed by atoms with Crippen LogP contribution in [0.25, 0.3) is 6.08 Å². The van der Waals surface area contributed by atoms with Crippen LogP contribution in [0.3, 0.4) is 0 Å². The number of benzene rings is 2. The summed E-state index contributed by atoms with van der Waals surface area (Å²) in [6.45, 7) is 0. The van der Waals surface area contributed by atoms with E-state index in [9.17, 15) is 13.2 Å². The monoisotopic (exact) mass is 350 g/mol. The van der Waals surface area contributed by atoms with Crippen LogP contribution in [0, 0.1) is 0 Å². The molecule has 0 radical (unpaired) electrons. The summed E-state index contributed by atoms with van der Waals surface area (Å²) in [5.41, 5.74) is 1.14. The number of carbonyl (C=O) groups excluding carboxylic acids is 1. The summed E-state index contributed by atoms with van der Waals surface area (Å²) in [6, 6.07) is 11.3. The van der Waals surface area contributed by atoms with E-state index in [-0.39, 0.29) is 16.4 Å². The first kappa shape index (κ1) is 17.2. The van der Waals surface area contributed by atoms with Crippen LogP contribution in [0.4, 0.5) is 0 Å². The number of allylic oxidation sites excluding steroid dienone is 1. The molecule has 0 saturated carbocycles. The van der Waals surface area contributed by atoms with Gasteiger partial charge in [-0.25, -0.2) is 8.42 Å². The lowest BCUT2D eigenvalue weighted by atomic mass is 10.1. The van der Waals surface area contributed by atoms with E-state index in [2.05, 4.69) is 0 Å². The van der Waals surface area contributed by atoms with E-state index in [1.54, 1.807) is 24.3 Å². The quantitative estimate of drug-likeness (QED) is 0.610. The lowest BCUT2D eigenvalue weighted by molar-refractivity contribution is 0.104. The smallest absolute Gasteiger partial charge is 0.185 e. The van der Waals surface area contributed by atoms with Gasteiger partial charge in [0.2, 0.25) is 0 Å². The summed E-state index contributed by atoms with van der Waals surface area (Å²) in [4.78, 5) is 12.3. The van der Waals surface area contributed by atoms with Gasteiger partial charge in [0.05, 0.1) is 7.11 Å². The molecule has 0 bridgehead atoms. The van der Waals surface area contributed by atoms with Gasteiger partial charge in [-0.05, 0) is 42.0 Å². The van der Waals surface area contributed by atoms with Crippen molar-refractivity contribution in [2.24, 2.45) is 0 Å². The Balaban J connectivity index is 2.30. The van der Waals surface area contributed by atoms with Gasteiger partial charge in [-0.1, -0.05) is 29.8 Å². The van der Waals surface area contributed by atoms with Crippen molar-refractivity contribution in [1.29, 1.82) is 0 Å². The summed E-state index contributed by atoms with van der Waals surface area (Å²) in [6.07, 6.45) is 4.14. The van der Waals surface area contributed by atoms with Crippen molar-refractivity contribution in [1.82, 2.24) is 0 Å². The van der Waals surface area contributed by atoms with E-state index in [0.29, 0.717) is 10.6 Å². The number of hydrogen-bond donors (Lipinski definition) is 0. The van der Waals surface area contributed by atoms with E-state index in [1.165, 1.54) is 31.4 Å². The van der Waals surface area contributed by atoms with Gasteiger partial charge < -0.3 is 4.74 Å². The van der Waals surface area contributed by atoms with E-state index >= 15 is 0 Å². The molecule has 0 aromatic heterocycles. The van der Waals surface area contributed by atoms with E-state index < -0.39 is 9.84 Å². The average molecular weight is 351 g/mol. The fourth-order valence-corrected chi connectivity index (χ4v) is 3.03. The maximum atomic E-state index is 12.2. The molecule has 2 aromatic rings. The zero-order valence-electron chi connectivity index (χ0n) is 12.6. The van der Waals surface area contributed by atoms with Crippen molar-refractivity contribution >= 4 is 33.3 Å². The Morgan fingerprint density at radius 2 is 1.91 bits per heavy atom. The van der Waals surface area contributed by atoms with Gasteiger partial charge in [0, 0.05) is 16.8 Å². The zero-order chi connectivity index (χ0) is 17.0. The minimum Gasteiger partial charge on any atom is -0.495 e. The molecule has 0 fully saturated rings. The molecule has 0 amide bonds. The molecule has 0 aliphatic carbocycles. The standard InChI is InChI=1S/C17H15ClO4S/c1-22-16-11-13(7-9-17(16)23(2,20)21)15(19)8-6-12-4-3-5-14(18)10-12/h3-11H,1-2H3/b8-6+. The van der Waals surface area contributed by atoms with Crippen molar-refractivity contribution < 1.29 is 17.9 Å². The summed E-state index contributed by atoms with van der Waals surface area (Å²) in [5.74, 6) is -0.113. The molecule has 0 aliphatic rings. The van der Waals surface area contributed by atoms with Crippen LogP contribution >= 0.6 is 11.6 Å². The predicted molar refractivity (Wildman–Crippen MR) is 90.9 cm³/mol. The third-order valence-corrected chi connectivity index (χ3v) is 4.49. The van der Waals surface area contributed by atoms with Gasteiger partial charge in [-0.15, -0.1) is 0 Å². The molecule has 0 N–H and O–H groups in total. The lowest BCUT2D eigenvalue weighted by Crippen LogP contribution is -2.03. The molecule has 2 rings (SSSR count). The zero-order valence-corrected chi connectivity index (χ0v) is 14.2. The van der Waals surface area contributed by atoms with Gasteiger partial charge in [-0.3, -0.25) is 4.79 Å². The highest BCUT2D eigenvalue weighted by Gasteiger charge is 2.16. The third kappa shape index (κ3) is 4.43. The highest BCUT2D eigenvalue weighted by molar-refractivity contribution is 7.90. The second-order valence-corrected chi connectivity index (χ2v) is 7.31. The number of hydrogen-bond acceptors (Lipinski definition) is 4. The number of carbonyl (C=O) groups is 1. The molecule has 0 saturated heterocycles. The minimum atomic E-state index is -3.42. The maximum absolute atomic E-state index is 12.2. The van der Waals surface area contributed by atoms with Crippen LogP contribution in [0.2, 0.25) is 5.02 Å². The SMILES string of the molecule is COc1cc(C(=O)/C=C/c2cccc(Cl)c2)ccc1S(C)(=O)=O. The van der Waals surface area contributed by atoms with Crippen LogP contribution in [0.5, 0.6) is 5.75 Å². The number of halogens is 1. The summed E-state index contributed by atoms with van der Waals surface area (Å²) in [7, 11) is -2.06. The van der Waals surface area contributed by atoms with E-state index in [0.717, 1.165) is 11.8 Å². The Labute approximate surface area is 140 Å². The fraction of sp³-hybridized carbons (Fsp3) is 0.118. The van der Waals surface area contributed by atoms with Gasteiger partial charge in [0.1, 0.15) is 10.6 Å². The number of ketones is 1. The minimum absolute atomic E-state index is 0.0513. The van der Waals surface area contributed by atoms with Gasteiger partial charge in [0.25, 0.3) is 0 Å². The molecule has 0 spiro atoms. The first-order valence-electron chi connectivity index (χ1n) is 6.67. The van der Waals surface area contributed by atoms with Crippen molar-refractivity contribution in [2.75, 3.05) is 13.4 Å². The number of ether oxygens (including phenoxy) is 1. The number of rotatable bonds is 5. The van der Waals surface area contributed by atoms with E-state index in [4.69, 9.17) is 16.3 Å². The molecule has 4 nitrogen and oxygen atoms in total. The van der Waals surface area contributed by atoms with E-state index in [1.807, 2.05) is 6.07 Å². The largest absolute Gasteiger partial charge is 0.495 e. The van der Waals surface area contributed by atoms with Gasteiger partial charge in [0.15, 0.2) is 15.6 Å². The molecular formula is C17H15ClO4S. The Morgan fingerprint density at radius 3 is 2.52 bits per heavy atom. The van der Waals surface area contributed by atoms with Crippen LogP contribution in [0.15, 0.2) is 53.4 Å². The molecule has 2 aromatic carbocycles. The number of sulfone groups is 1. The van der Waals surface area contributed by atoms with Gasteiger partial charge >= 0.3 is 0 Å². The number of methoxy groups -OCH3 is 1. The van der Waals surface area contributed by atoms with Crippen molar-refractivity contribution in [2.45, 2.75) is 4.90 Å². The Kier molecular flexibility index (Phi) is 5.23. The highest BCUT2D eigenvalue weighted by atomic mass is 35.5. The summed E-state index contributed by atoms with van der Waals surface area (Å²) >= 11 is 5.88. The second-order valence-electron chi connectivity index (χ2n) is 4.89. The Bertz CT molecular complexity index is 870. The fourth-order valence-electron chi connectivity index (χ4n) is 2.01. The molecule has 0 aliphatic heterocycles. The highest BCUT2D eigenvalue weighted by Crippen LogP contribution is 2.25. The second kappa shape index (κ2) is 6.98. The molecule has 23 heavy (non-hydrogen) atoms. The molecule has 0 heterocycles. The van der Waals surface area contributed by atoms with Crippen LogP contribution < -0.4 is 4.74 Å². The first-order chi connectivity index (χ1) is 10.8. The Hall–Kier alpha value is -2.11. The maximum Gasteiger partial charge on any atom is 0.185 e. The topological polar surface area (TPSA) is 60.4 Å². The van der Waals surface area contributed by atoms with Crippen LogP contribution in [-0.2, 0) is 9.84 Å². The van der Waals surface area contributed by atoms with Crippen molar-refractivity contribution in [3.8, 4) is 5.75 Å². The molecule has 0 atom stereocenters. The Morgan fingerprint density at radius 1 is 1.17 bits per heavy atom. The normalized spacial score (nSPS) is 11.6. The summed E-state index contributed by atoms with van der Waals surface area (Å²) < 4.78 is 28.4. The lowest BCUT2D eigenvalue weighted by Gasteiger charge is -2.08. The molecule has 6 heteroatoms. The van der Waals surface area contributed by atoms with Crippen LogP contribution in [-0.4, -0.2) is 27.6 Å². The van der Waals surface area contributed by atoms with Crippen LogP contribution in [0.1, 0.15) is 15.9 Å². The molecule has 120 valence electrons. The van der Waals surface area contributed by atoms with Crippen molar-refractivity contribution in [3.63, 3.8) is 0 Å². The third-order valence-electron chi connectivity index (χ3n) is 3.12. The van der Waals surface area contributed by atoms with Gasteiger partial charge in [-0.2, -0.15) is 0 Å².